The van der Waals surface area contributed by atoms with Gasteiger partial charge in [0.1, 0.15) is 6.10 Å². The molecule has 1 aliphatic carbocycles. The topological polar surface area (TPSA) is 147 Å². The van der Waals surface area contributed by atoms with Crippen LogP contribution >= 0.6 is 0 Å². The summed E-state index contributed by atoms with van der Waals surface area (Å²) in [6, 6.07) is 10.3. The molecule has 2 fully saturated rings. The van der Waals surface area contributed by atoms with E-state index in [4.69, 9.17) is 18.9 Å². The van der Waals surface area contributed by atoms with Crippen molar-refractivity contribution in [2.75, 3.05) is 34.0 Å². The fourth-order valence-corrected chi connectivity index (χ4v) is 6.77. The van der Waals surface area contributed by atoms with Crippen LogP contribution in [0.3, 0.4) is 0 Å². The van der Waals surface area contributed by atoms with Crippen molar-refractivity contribution in [1.82, 2.24) is 9.62 Å². The minimum Gasteiger partial charge on any atom is -0.493 e. The van der Waals surface area contributed by atoms with Gasteiger partial charge in [0.25, 0.3) is 5.69 Å². The van der Waals surface area contributed by atoms with Gasteiger partial charge in [-0.2, -0.15) is 0 Å². The van der Waals surface area contributed by atoms with Gasteiger partial charge in [-0.25, -0.2) is 13.1 Å². The molecule has 0 spiro atoms. The summed E-state index contributed by atoms with van der Waals surface area (Å²) in [5.74, 6) is 0.498. The Morgan fingerprint density at radius 1 is 1.12 bits per heavy atom. The molecular formula is C30H41N3O9S. The number of esters is 1. The fourth-order valence-electron chi connectivity index (χ4n) is 5.34. The van der Waals surface area contributed by atoms with E-state index in [2.05, 4.69) is 9.62 Å². The number of hydrogen-bond acceptors (Lipinski definition) is 10. The highest BCUT2D eigenvalue weighted by atomic mass is 32.2. The van der Waals surface area contributed by atoms with Crippen LogP contribution in [-0.4, -0.2) is 76.4 Å². The summed E-state index contributed by atoms with van der Waals surface area (Å²) in [5, 5.41) is 11.6. The highest BCUT2D eigenvalue weighted by molar-refractivity contribution is 7.89. The van der Waals surface area contributed by atoms with Gasteiger partial charge >= 0.3 is 5.97 Å². The van der Waals surface area contributed by atoms with E-state index in [1.165, 1.54) is 18.2 Å². The minimum absolute atomic E-state index is 0.0195. The summed E-state index contributed by atoms with van der Waals surface area (Å²) in [5.41, 5.74) is 0.422. The molecule has 1 aliphatic heterocycles. The lowest BCUT2D eigenvalue weighted by Crippen LogP contribution is -2.50. The molecule has 1 N–H and O–H groups in total. The van der Waals surface area contributed by atoms with Crippen molar-refractivity contribution in [3.63, 3.8) is 0 Å². The van der Waals surface area contributed by atoms with Crippen LogP contribution in [0.15, 0.2) is 47.4 Å². The third kappa shape index (κ3) is 8.43. The van der Waals surface area contributed by atoms with Crippen molar-refractivity contribution in [3.05, 3.63) is 58.1 Å². The average Bonchev–Trinajstić information content (AvgIpc) is 3.75. The van der Waals surface area contributed by atoms with Crippen molar-refractivity contribution in [3.8, 4) is 11.5 Å². The first-order chi connectivity index (χ1) is 20.5. The van der Waals surface area contributed by atoms with Gasteiger partial charge in [-0.05, 0) is 48.9 Å². The summed E-state index contributed by atoms with van der Waals surface area (Å²) in [6.07, 6.45) is 2.23. The van der Waals surface area contributed by atoms with Crippen molar-refractivity contribution >= 4 is 21.7 Å². The molecule has 236 valence electrons. The summed E-state index contributed by atoms with van der Waals surface area (Å²) < 4.78 is 52.2. The SMILES string of the molecule is COCCCOc1cc(CN(CC(NS(=O)(=O)c2ccccc2[N+](=O)[O-])[C@@H]2C[C@@H](C(C)C)C(=O)O2)C2CC2)ccc1OC. The van der Waals surface area contributed by atoms with E-state index >= 15 is 0 Å². The Morgan fingerprint density at radius 2 is 1.86 bits per heavy atom. The van der Waals surface area contributed by atoms with E-state index in [-0.39, 0.29) is 30.4 Å². The number of para-hydroxylation sites is 1. The molecule has 2 aromatic rings. The zero-order valence-electron chi connectivity index (χ0n) is 25.1. The molecule has 3 atom stereocenters. The molecule has 1 unspecified atom stereocenters. The number of sulfonamides is 1. The number of nitrogens with one attached hydrogen (secondary N) is 1. The van der Waals surface area contributed by atoms with Crippen LogP contribution in [0.1, 0.15) is 45.1 Å². The Morgan fingerprint density at radius 3 is 2.49 bits per heavy atom. The smallest absolute Gasteiger partial charge is 0.309 e. The van der Waals surface area contributed by atoms with Gasteiger partial charge < -0.3 is 18.9 Å². The second-order valence-electron chi connectivity index (χ2n) is 11.4. The van der Waals surface area contributed by atoms with Crippen LogP contribution < -0.4 is 14.2 Å². The quantitative estimate of drug-likeness (QED) is 0.120. The molecule has 0 bridgehead atoms. The number of hydrogen-bond donors (Lipinski definition) is 1. The largest absolute Gasteiger partial charge is 0.493 e. The van der Waals surface area contributed by atoms with Crippen LogP contribution in [0.2, 0.25) is 0 Å². The molecule has 1 saturated carbocycles. The predicted octanol–water partition coefficient (Wildman–Crippen LogP) is 3.92. The molecule has 4 rings (SSSR count). The number of benzene rings is 2. The van der Waals surface area contributed by atoms with Crippen molar-refractivity contribution in [1.29, 1.82) is 0 Å². The van der Waals surface area contributed by atoms with Gasteiger partial charge in [-0.1, -0.05) is 32.0 Å². The predicted molar refractivity (Wildman–Crippen MR) is 158 cm³/mol. The Hall–Kier alpha value is -3.26. The van der Waals surface area contributed by atoms with E-state index < -0.39 is 37.7 Å². The second kappa shape index (κ2) is 14.5. The van der Waals surface area contributed by atoms with Gasteiger partial charge in [-0.15, -0.1) is 0 Å². The third-order valence-electron chi connectivity index (χ3n) is 7.83. The lowest BCUT2D eigenvalue weighted by Gasteiger charge is -2.31. The number of cyclic esters (lactones) is 1. The first kappa shape index (κ1) is 32.6. The second-order valence-corrected chi connectivity index (χ2v) is 13.0. The molecule has 43 heavy (non-hydrogen) atoms. The van der Waals surface area contributed by atoms with Gasteiger partial charge in [0.05, 0.1) is 30.6 Å². The van der Waals surface area contributed by atoms with Gasteiger partial charge in [0.2, 0.25) is 10.0 Å². The zero-order chi connectivity index (χ0) is 31.1. The van der Waals surface area contributed by atoms with Crippen LogP contribution in [0.25, 0.3) is 0 Å². The molecule has 1 heterocycles. The summed E-state index contributed by atoms with van der Waals surface area (Å²) in [6.45, 7) is 5.61. The monoisotopic (exact) mass is 619 g/mol. The van der Waals surface area contributed by atoms with Crippen LogP contribution in [0, 0.1) is 22.0 Å². The molecule has 2 aliphatic rings. The number of carbonyl (C=O) groups is 1. The highest BCUT2D eigenvalue weighted by Crippen LogP contribution is 2.35. The Balaban J connectivity index is 1.60. The van der Waals surface area contributed by atoms with E-state index in [1.54, 1.807) is 14.2 Å². The maximum atomic E-state index is 13.6. The standard InChI is InChI=1S/C30H41N3O9S/c1-20(2)23-17-27(42-30(23)34)24(31-43(37,38)29-9-6-5-8-25(29)33(35)36)19-32(22-11-12-22)18-21-10-13-26(40-4)28(16-21)41-15-7-14-39-3/h5-6,8-10,13,16,20,22-24,27,31H,7,11-12,14-15,17-19H2,1-4H3/t23-,24?,27-/m0/s1. The van der Waals surface area contributed by atoms with Crippen LogP contribution in [0.5, 0.6) is 11.5 Å². The number of rotatable bonds is 17. The number of methoxy groups -OCH3 is 2. The third-order valence-corrected chi connectivity index (χ3v) is 9.36. The average molecular weight is 620 g/mol. The minimum atomic E-state index is -4.34. The van der Waals surface area contributed by atoms with Crippen LogP contribution in [0.4, 0.5) is 5.69 Å². The van der Waals surface area contributed by atoms with E-state index in [9.17, 15) is 23.3 Å². The zero-order valence-corrected chi connectivity index (χ0v) is 25.9. The summed E-state index contributed by atoms with van der Waals surface area (Å²) >= 11 is 0. The maximum Gasteiger partial charge on any atom is 0.309 e. The molecular weight excluding hydrogens is 578 g/mol. The molecule has 0 aromatic heterocycles. The number of carbonyl (C=O) groups excluding carboxylic acids is 1. The van der Waals surface area contributed by atoms with E-state index in [0.717, 1.165) is 30.9 Å². The maximum absolute atomic E-state index is 13.6. The van der Waals surface area contributed by atoms with Crippen molar-refractivity contribution < 1.29 is 37.1 Å². The van der Waals surface area contributed by atoms with Crippen LogP contribution in [-0.2, 0) is 30.8 Å². The first-order valence-corrected chi connectivity index (χ1v) is 16.0. The Kier molecular flexibility index (Phi) is 11.0. The van der Waals surface area contributed by atoms with Gasteiger partial charge in [0.15, 0.2) is 16.4 Å². The van der Waals surface area contributed by atoms with Gasteiger partial charge in [-0.3, -0.25) is 19.8 Å². The molecule has 2 aromatic carbocycles. The molecule has 13 heteroatoms. The number of nitrogens with zero attached hydrogens (tertiary/aromatic N) is 2. The number of nitro benzene ring substituents is 1. The lowest BCUT2D eigenvalue weighted by atomic mass is 9.91. The highest BCUT2D eigenvalue weighted by Gasteiger charge is 2.44. The van der Waals surface area contributed by atoms with Crippen molar-refractivity contribution in [2.45, 2.75) is 69.2 Å². The summed E-state index contributed by atoms with van der Waals surface area (Å²) in [4.78, 5) is 25.4. The van der Waals surface area contributed by atoms with Crippen molar-refractivity contribution in [2.24, 2.45) is 11.8 Å². The molecule has 0 amide bonds. The molecule has 0 radical (unpaired) electrons. The van der Waals surface area contributed by atoms with E-state index in [0.29, 0.717) is 37.7 Å². The fraction of sp³-hybridized carbons (Fsp3) is 0.567. The normalized spacial score (nSPS) is 19.4. The molecule has 12 nitrogen and oxygen atoms in total. The number of nitro groups is 1. The first-order valence-electron chi connectivity index (χ1n) is 14.5. The van der Waals surface area contributed by atoms with E-state index in [1.807, 2.05) is 32.0 Å². The molecule has 1 saturated heterocycles. The lowest BCUT2D eigenvalue weighted by molar-refractivity contribution is -0.387. The Labute approximate surface area is 252 Å². The van der Waals surface area contributed by atoms with Gasteiger partial charge in [0, 0.05) is 45.3 Å². The number of ether oxygens (including phenoxy) is 4. The summed E-state index contributed by atoms with van der Waals surface area (Å²) in [7, 11) is -1.12. The Bertz CT molecular complexity index is 1380.